The molecule has 1 saturated heterocycles. The molecule has 0 aliphatic carbocycles. The Labute approximate surface area is 178 Å². The van der Waals surface area contributed by atoms with Crippen molar-refractivity contribution in [2.75, 3.05) is 29.9 Å². The van der Waals surface area contributed by atoms with Crippen molar-refractivity contribution in [3.05, 3.63) is 66.4 Å². The lowest BCUT2D eigenvalue weighted by Crippen LogP contribution is -2.55. The maximum atomic E-state index is 12.9. The maximum Gasteiger partial charge on any atom is 0.322 e. The van der Waals surface area contributed by atoms with Gasteiger partial charge in [0, 0.05) is 42.9 Å². The first kappa shape index (κ1) is 20.2. The molecule has 1 aliphatic heterocycles. The van der Waals surface area contributed by atoms with Crippen molar-refractivity contribution in [3.8, 4) is 0 Å². The molecule has 1 atom stereocenters. The minimum atomic E-state index is -0.0449. The Bertz CT molecular complexity index is 1030. The van der Waals surface area contributed by atoms with Gasteiger partial charge in [0.05, 0.1) is 0 Å². The van der Waals surface area contributed by atoms with Crippen molar-refractivity contribution in [1.29, 1.82) is 0 Å². The summed E-state index contributed by atoms with van der Waals surface area (Å²) in [4.78, 5) is 21.7. The molecule has 1 fully saturated rings. The average Bonchev–Trinajstić information content (AvgIpc) is 2.73. The van der Waals surface area contributed by atoms with Crippen molar-refractivity contribution in [2.45, 2.75) is 39.2 Å². The van der Waals surface area contributed by atoms with E-state index in [0.29, 0.717) is 6.54 Å². The second-order valence-electron chi connectivity index (χ2n) is 9.10. The molecule has 0 saturated carbocycles. The normalized spacial score (nSPS) is 17.3. The molecule has 3 aromatic rings. The second-order valence-corrected chi connectivity index (χ2v) is 9.10. The van der Waals surface area contributed by atoms with Gasteiger partial charge in [-0.25, -0.2) is 9.78 Å². The quantitative estimate of drug-likeness (QED) is 0.635. The van der Waals surface area contributed by atoms with Crippen LogP contribution < -0.4 is 10.2 Å². The number of amides is 2. The third-order valence-corrected chi connectivity index (χ3v) is 5.84. The van der Waals surface area contributed by atoms with Crippen LogP contribution in [0, 0.1) is 0 Å². The molecule has 1 aliphatic rings. The minimum absolute atomic E-state index is 0.0449. The predicted octanol–water partition coefficient (Wildman–Crippen LogP) is 5.27. The number of carbonyl (C=O) groups is 1. The third kappa shape index (κ3) is 4.11. The van der Waals surface area contributed by atoms with Crippen LogP contribution in [0.2, 0.25) is 0 Å². The number of urea groups is 1. The molecule has 1 N–H and O–H groups in total. The Morgan fingerprint density at radius 1 is 1.03 bits per heavy atom. The molecule has 2 heterocycles. The molecule has 1 aromatic heterocycles. The lowest BCUT2D eigenvalue weighted by atomic mass is 9.87. The fourth-order valence-corrected chi connectivity index (χ4v) is 4.06. The van der Waals surface area contributed by atoms with Gasteiger partial charge in [0.2, 0.25) is 0 Å². The van der Waals surface area contributed by atoms with Crippen LogP contribution in [0.15, 0.2) is 60.8 Å². The first-order chi connectivity index (χ1) is 14.3. The summed E-state index contributed by atoms with van der Waals surface area (Å²) >= 11 is 0. The minimum Gasteiger partial charge on any atom is -0.352 e. The first-order valence-corrected chi connectivity index (χ1v) is 10.6. The van der Waals surface area contributed by atoms with Gasteiger partial charge in [-0.05, 0) is 41.5 Å². The smallest absolute Gasteiger partial charge is 0.322 e. The zero-order chi connectivity index (χ0) is 21.3. The standard InChI is InChI=1S/C25H30N4O/c1-18-17-28(23-22-8-6-5-7-19(22)13-14-26-23)15-16-29(18)24(30)27-21-11-9-20(10-12-21)25(2,3)4/h5-14,18H,15-17H2,1-4H3,(H,27,30). The molecule has 30 heavy (non-hydrogen) atoms. The van der Waals surface area contributed by atoms with Crippen LogP contribution in [0.1, 0.15) is 33.3 Å². The van der Waals surface area contributed by atoms with Crippen molar-refractivity contribution in [2.24, 2.45) is 0 Å². The third-order valence-electron chi connectivity index (χ3n) is 5.84. The van der Waals surface area contributed by atoms with Gasteiger partial charge in [0.1, 0.15) is 5.82 Å². The number of anilines is 2. The molecule has 2 aromatic carbocycles. The van der Waals surface area contributed by atoms with Gasteiger partial charge in [-0.3, -0.25) is 0 Å². The summed E-state index contributed by atoms with van der Waals surface area (Å²) in [5.74, 6) is 0.998. The summed E-state index contributed by atoms with van der Waals surface area (Å²) in [6, 6.07) is 18.5. The Hall–Kier alpha value is -3.08. The number of benzene rings is 2. The largest absolute Gasteiger partial charge is 0.352 e. The summed E-state index contributed by atoms with van der Waals surface area (Å²) in [6.07, 6.45) is 1.86. The topological polar surface area (TPSA) is 48.5 Å². The van der Waals surface area contributed by atoms with E-state index in [9.17, 15) is 4.79 Å². The van der Waals surface area contributed by atoms with Gasteiger partial charge < -0.3 is 15.1 Å². The zero-order valence-electron chi connectivity index (χ0n) is 18.2. The van der Waals surface area contributed by atoms with E-state index < -0.39 is 0 Å². The Kier molecular flexibility index (Phi) is 5.37. The van der Waals surface area contributed by atoms with Crippen LogP contribution in [0.4, 0.5) is 16.3 Å². The van der Waals surface area contributed by atoms with E-state index in [4.69, 9.17) is 0 Å². The number of fused-ring (bicyclic) bond motifs is 1. The zero-order valence-corrected chi connectivity index (χ0v) is 18.2. The van der Waals surface area contributed by atoms with E-state index in [-0.39, 0.29) is 17.5 Å². The fraction of sp³-hybridized carbons (Fsp3) is 0.360. The lowest BCUT2D eigenvalue weighted by molar-refractivity contribution is 0.184. The van der Waals surface area contributed by atoms with E-state index in [0.717, 1.165) is 30.0 Å². The van der Waals surface area contributed by atoms with Crippen molar-refractivity contribution in [3.63, 3.8) is 0 Å². The maximum absolute atomic E-state index is 12.9. The lowest BCUT2D eigenvalue weighted by Gasteiger charge is -2.40. The number of pyridine rings is 1. The molecule has 156 valence electrons. The van der Waals surface area contributed by atoms with E-state index in [1.54, 1.807) is 0 Å². The highest BCUT2D eigenvalue weighted by molar-refractivity contribution is 5.92. The van der Waals surface area contributed by atoms with Crippen LogP contribution in [0.25, 0.3) is 10.8 Å². The molecule has 0 spiro atoms. The molecular weight excluding hydrogens is 372 g/mol. The number of nitrogens with zero attached hydrogens (tertiary/aromatic N) is 3. The first-order valence-electron chi connectivity index (χ1n) is 10.6. The van der Waals surface area contributed by atoms with E-state index in [1.807, 2.05) is 41.4 Å². The van der Waals surface area contributed by atoms with Gasteiger partial charge in [-0.15, -0.1) is 0 Å². The molecule has 0 bridgehead atoms. The van der Waals surface area contributed by atoms with Gasteiger partial charge in [-0.2, -0.15) is 0 Å². The molecule has 5 nitrogen and oxygen atoms in total. The Morgan fingerprint density at radius 2 is 1.77 bits per heavy atom. The van der Waals surface area contributed by atoms with Gasteiger partial charge in [0.15, 0.2) is 0 Å². The number of rotatable bonds is 2. The molecular formula is C25H30N4O. The highest BCUT2D eigenvalue weighted by Gasteiger charge is 2.29. The predicted molar refractivity (Wildman–Crippen MR) is 124 cm³/mol. The number of nitrogens with one attached hydrogen (secondary N) is 1. The Balaban J connectivity index is 1.43. The van der Waals surface area contributed by atoms with Crippen LogP contribution in [-0.4, -0.2) is 41.6 Å². The Morgan fingerprint density at radius 3 is 2.47 bits per heavy atom. The second kappa shape index (κ2) is 7.98. The summed E-state index contributed by atoms with van der Waals surface area (Å²) in [7, 11) is 0. The van der Waals surface area contributed by atoms with E-state index in [1.165, 1.54) is 10.9 Å². The number of aromatic nitrogens is 1. The van der Waals surface area contributed by atoms with Crippen LogP contribution in [-0.2, 0) is 5.41 Å². The molecule has 0 radical (unpaired) electrons. The molecule has 1 unspecified atom stereocenters. The fourth-order valence-electron chi connectivity index (χ4n) is 4.06. The van der Waals surface area contributed by atoms with Crippen molar-refractivity contribution in [1.82, 2.24) is 9.88 Å². The van der Waals surface area contributed by atoms with Gasteiger partial charge in [0.25, 0.3) is 0 Å². The van der Waals surface area contributed by atoms with Gasteiger partial charge in [-0.1, -0.05) is 57.2 Å². The van der Waals surface area contributed by atoms with Crippen molar-refractivity contribution < 1.29 is 4.79 Å². The van der Waals surface area contributed by atoms with Gasteiger partial charge >= 0.3 is 6.03 Å². The number of piperazine rings is 1. The summed E-state index contributed by atoms with van der Waals surface area (Å²) in [6.45, 7) is 10.8. The summed E-state index contributed by atoms with van der Waals surface area (Å²) in [5.41, 5.74) is 2.19. The monoisotopic (exact) mass is 402 g/mol. The highest BCUT2D eigenvalue weighted by atomic mass is 16.2. The molecule has 5 heteroatoms. The van der Waals surface area contributed by atoms with Crippen LogP contribution >= 0.6 is 0 Å². The highest BCUT2D eigenvalue weighted by Crippen LogP contribution is 2.27. The van der Waals surface area contributed by atoms with Crippen molar-refractivity contribution >= 4 is 28.3 Å². The van der Waals surface area contributed by atoms with E-state index in [2.05, 4.69) is 67.2 Å². The molecule has 4 rings (SSSR count). The van der Waals surface area contributed by atoms with Crippen LogP contribution in [0.5, 0.6) is 0 Å². The summed E-state index contributed by atoms with van der Waals surface area (Å²) < 4.78 is 0. The van der Waals surface area contributed by atoms with Crippen LogP contribution in [0.3, 0.4) is 0 Å². The van der Waals surface area contributed by atoms with E-state index >= 15 is 0 Å². The summed E-state index contributed by atoms with van der Waals surface area (Å²) in [5, 5.41) is 5.40. The number of hydrogen-bond donors (Lipinski definition) is 1. The average molecular weight is 403 g/mol. The number of carbonyl (C=O) groups excluding carboxylic acids is 1. The number of hydrogen-bond acceptors (Lipinski definition) is 3. The SMILES string of the molecule is CC1CN(c2nccc3ccccc23)CCN1C(=O)Nc1ccc(C(C)(C)C)cc1. The molecule has 2 amide bonds.